The quantitative estimate of drug-likeness (QED) is 0.141. The Morgan fingerprint density at radius 1 is 0.982 bits per heavy atom. The van der Waals surface area contributed by atoms with E-state index in [4.69, 9.17) is 27.6 Å². The number of nitrogens with one attached hydrogen (secondary N) is 1. The summed E-state index contributed by atoms with van der Waals surface area (Å²) in [5, 5.41) is 20.0. The van der Waals surface area contributed by atoms with Gasteiger partial charge in [0.15, 0.2) is 5.82 Å². The van der Waals surface area contributed by atoms with Crippen LogP contribution in [-0.4, -0.2) is 49.8 Å². The van der Waals surface area contributed by atoms with Gasteiger partial charge >= 0.3 is 12.1 Å². The van der Waals surface area contributed by atoms with Gasteiger partial charge in [0, 0.05) is 11.2 Å². The van der Waals surface area contributed by atoms with E-state index in [1.54, 1.807) is 24.3 Å². The van der Waals surface area contributed by atoms with Crippen molar-refractivity contribution < 1.29 is 51.8 Å². The molecule has 0 spiro atoms. The van der Waals surface area contributed by atoms with Gasteiger partial charge in [-0.05, 0) is 72.9 Å². The summed E-state index contributed by atoms with van der Waals surface area (Å²) in [6, 6.07) is 15.3. The first-order valence-corrected chi connectivity index (χ1v) is 17.7. The molecule has 2 aromatic heterocycles. The maximum atomic E-state index is 15.2. The SMILES string of the molecule is O=C(O)c1cccc(N2C(=O)[C@H]3[C@H](CC=C4[C@H]3C[C@H]3C(=O)N(Nc5ncc(C(F)(F)F)cc5Cl)C(=O)[C@@]3(c3ccc(Cl)cc3)[C@H]4c3ccc(CO)o3)C2=O)c1. The van der Waals surface area contributed by atoms with Crippen LogP contribution >= 0.6 is 23.2 Å². The Kier molecular flexibility index (Phi) is 8.66. The number of anilines is 2. The number of carboxylic acids is 1. The molecular weight excluding hydrogens is 768 g/mol. The number of amides is 4. The van der Waals surface area contributed by atoms with Crippen LogP contribution in [0.2, 0.25) is 10.0 Å². The molecule has 2 aromatic carbocycles. The van der Waals surface area contributed by atoms with Crippen LogP contribution in [0.5, 0.6) is 0 Å². The highest BCUT2D eigenvalue weighted by Crippen LogP contribution is 2.64. The van der Waals surface area contributed by atoms with Gasteiger partial charge in [0.05, 0.1) is 45.5 Å². The fraction of sp³-hybridized carbons (Fsp3) is 0.263. The second-order valence-electron chi connectivity index (χ2n) is 13.7. The number of alkyl halides is 3. The van der Waals surface area contributed by atoms with Gasteiger partial charge in [-0.25, -0.2) is 9.78 Å². The highest BCUT2D eigenvalue weighted by Gasteiger charge is 2.71. The number of halogens is 5. The van der Waals surface area contributed by atoms with Gasteiger partial charge in [-0.15, -0.1) is 0 Å². The summed E-state index contributed by atoms with van der Waals surface area (Å²) in [6.45, 7) is -0.507. The zero-order chi connectivity index (χ0) is 39.1. The number of carboxylic acid groups (broad SMARTS) is 1. The summed E-state index contributed by atoms with van der Waals surface area (Å²) >= 11 is 12.5. The molecule has 4 aromatic rings. The van der Waals surface area contributed by atoms with Crippen LogP contribution < -0.4 is 10.3 Å². The van der Waals surface area contributed by atoms with Crippen molar-refractivity contribution in [3.05, 3.63) is 123 Å². The van der Waals surface area contributed by atoms with Gasteiger partial charge in [-0.2, -0.15) is 18.2 Å². The predicted molar refractivity (Wildman–Crippen MR) is 187 cm³/mol. The van der Waals surface area contributed by atoms with Crippen molar-refractivity contribution in [3.8, 4) is 0 Å². The number of fused-ring (bicyclic) bond motifs is 4. The topological polar surface area (TPSA) is 170 Å². The lowest BCUT2D eigenvalue weighted by molar-refractivity contribution is -0.139. The molecule has 3 fully saturated rings. The molecule has 17 heteroatoms. The molecule has 0 radical (unpaired) electrons. The maximum absolute atomic E-state index is 15.2. The number of nitrogens with zero attached hydrogens (tertiary/aromatic N) is 3. The summed E-state index contributed by atoms with van der Waals surface area (Å²) in [5.74, 6) is -9.34. The number of aliphatic hydroxyl groups is 1. The third kappa shape index (κ3) is 5.54. The van der Waals surface area contributed by atoms with E-state index in [0.29, 0.717) is 33.4 Å². The highest BCUT2D eigenvalue weighted by molar-refractivity contribution is 6.33. The number of aromatic nitrogens is 1. The third-order valence-corrected chi connectivity index (χ3v) is 11.6. The minimum absolute atomic E-state index is 0.0524. The largest absolute Gasteiger partial charge is 0.478 e. The number of benzene rings is 2. The molecule has 1 saturated carbocycles. The van der Waals surface area contributed by atoms with Gasteiger partial charge in [-0.1, -0.05) is 53.1 Å². The van der Waals surface area contributed by atoms with Crippen molar-refractivity contribution in [2.75, 3.05) is 10.3 Å². The van der Waals surface area contributed by atoms with Gasteiger partial charge in [-0.3, -0.25) is 29.5 Å². The molecule has 2 saturated heterocycles. The normalized spacial score (nSPS) is 26.1. The minimum atomic E-state index is -4.78. The van der Waals surface area contributed by atoms with E-state index < -0.39 is 93.8 Å². The number of hydrazine groups is 1. The highest BCUT2D eigenvalue weighted by atomic mass is 35.5. The van der Waals surface area contributed by atoms with Crippen molar-refractivity contribution in [2.24, 2.45) is 23.7 Å². The number of aromatic carboxylic acids is 1. The Bertz CT molecular complexity index is 2350. The van der Waals surface area contributed by atoms with Gasteiger partial charge < -0.3 is 14.6 Å². The number of pyridine rings is 1. The van der Waals surface area contributed by atoms with E-state index in [9.17, 15) is 42.6 Å². The zero-order valence-electron chi connectivity index (χ0n) is 28.1. The van der Waals surface area contributed by atoms with Crippen molar-refractivity contribution in [3.63, 3.8) is 0 Å². The Labute approximate surface area is 319 Å². The zero-order valence-corrected chi connectivity index (χ0v) is 29.6. The predicted octanol–water partition coefficient (Wildman–Crippen LogP) is 6.38. The van der Waals surface area contributed by atoms with Crippen LogP contribution in [0, 0.1) is 23.7 Å². The van der Waals surface area contributed by atoms with Gasteiger partial charge in [0.2, 0.25) is 11.8 Å². The van der Waals surface area contributed by atoms with Crippen molar-refractivity contribution in [1.29, 1.82) is 0 Å². The van der Waals surface area contributed by atoms with Crippen molar-refractivity contribution in [2.45, 2.75) is 37.0 Å². The number of imide groups is 2. The lowest BCUT2D eigenvalue weighted by atomic mass is 9.50. The molecule has 8 rings (SSSR count). The molecule has 3 N–H and O–H groups in total. The molecule has 55 heavy (non-hydrogen) atoms. The molecule has 4 amide bonds. The monoisotopic (exact) mass is 794 g/mol. The standard InChI is InChI=1S/C38H27Cl2F3N4O8/c39-20-6-4-18(5-7-20)37-26(33(50)47(36(37)54)45-31-27(40)13-19(15-44-31)38(41,42)43)14-25-23(30(37)28-11-8-22(16-48)55-28)9-10-24-29(25)34(51)46(32(24)49)21-3-1-2-17(12-21)35(52)53/h1-9,11-13,15,24-26,29-30,48H,10,14,16H2,(H,44,45)(H,52,53)/t24-,25+,26-,29-,30+,37+/m0/s1. The molecule has 4 heterocycles. The number of furan rings is 1. The second-order valence-corrected chi connectivity index (χ2v) is 14.6. The van der Waals surface area contributed by atoms with Crippen LogP contribution in [-0.2, 0) is 37.4 Å². The van der Waals surface area contributed by atoms with Crippen LogP contribution in [0.1, 0.15) is 51.8 Å². The summed E-state index contributed by atoms with van der Waals surface area (Å²) in [4.78, 5) is 74.8. The summed E-state index contributed by atoms with van der Waals surface area (Å²) in [7, 11) is 0. The number of aliphatic hydroxyl groups excluding tert-OH is 1. The molecule has 282 valence electrons. The lowest BCUT2D eigenvalue weighted by Crippen LogP contribution is -2.53. The fourth-order valence-corrected chi connectivity index (χ4v) is 9.09. The smallest absolute Gasteiger partial charge is 0.417 e. The Morgan fingerprint density at radius 3 is 2.38 bits per heavy atom. The summed E-state index contributed by atoms with van der Waals surface area (Å²) < 4.78 is 46.4. The summed E-state index contributed by atoms with van der Waals surface area (Å²) in [6.07, 6.45) is -2.60. The molecule has 2 aliphatic carbocycles. The number of allylic oxidation sites excluding steroid dienone is 2. The van der Waals surface area contributed by atoms with Crippen LogP contribution in [0.25, 0.3) is 0 Å². The number of hydrogen-bond acceptors (Lipinski definition) is 9. The van der Waals surface area contributed by atoms with E-state index in [1.807, 2.05) is 0 Å². The molecule has 12 nitrogen and oxygen atoms in total. The van der Waals surface area contributed by atoms with E-state index in [1.165, 1.54) is 42.5 Å². The van der Waals surface area contributed by atoms with E-state index in [2.05, 4.69) is 10.4 Å². The van der Waals surface area contributed by atoms with E-state index in [0.717, 1.165) is 4.90 Å². The molecule has 6 atom stereocenters. The van der Waals surface area contributed by atoms with Crippen molar-refractivity contribution in [1.82, 2.24) is 9.99 Å². The average Bonchev–Trinajstić information content (AvgIpc) is 3.79. The molecule has 4 aliphatic rings. The minimum Gasteiger partial charge on any atom is -0.478 e. The maximum Gasteiger partial charge on any atom is 0.417 e. The van der Waals surface area contributed by atoms with Crippen LogP contribution in [0.3, 0.4) is 0 Å². The second kappa shape index (κ2) is 13.1. The van der Waals surface area contributed by atoms with Crippen LogP contribution in [0.15, 0.2) is 89.0 Å². The Balaban J connectivity index is 1.28. The molecule has 0 unspecified atom stereocenters. The number of carbonyl (C=O) groups is 5. The first kappa shape index (κ1) is 36.5. The Hall–Kier alpha value is -5.51. The van der Waals surface area contributed by atoms with E-state index >= 15 is 4.79 Å². The molecular formula is C38H27Cl2F3N4O8. The number of hydrogen-bond donors (Lipinski definition) is 3. The first-order chi connectivity index (χ1) is 26.2. The van der Waals surface area contributed by atoms with E-state index in [-0.39, 0.29) is 35.6 Å². The van der Waals surface area contributed by atoms with Crippen molar-refractivity contribution >= 4 is 64.3 Å². The number of rotatable bonds is 7. The van der Waals surface area contributed by atoms with Gasteiger partial charge in [0.1, 0.15) is 23.5 Å². The van der Waals surface area contributed by atoms with Crippen LogP contribution in [0.4, 0.5) is 24.7 Å². The van der Waals surface area contributed by atoms with Gasteiger partial charge in [0.25, 0.3) is 11.8 Å². The summed E-state index contributed by atoms with van der Waals surface area (Å²) in [5.41, 5.74) is 0.340. The Morgan fingerprint density at radius 2 is 1.73 bits per heavy atom. The molecule has 2 aliphatic heterocycles. The third-order valence-electron chi connectivity index (χ3n) is 11.0. The number of carbonyl (C=O) groups excluding carboxylic acids is 4. The fourth-order valence-electron chi connectivity index (χ4n) is 8.76. The molecule has 0 bridgehead atoms. The first-order valence-electron chi connectivity index (χ1n) is 16.9. The lowest BCUT2D eigenvalue weighted by Gasteiger charge is -2.49. The average molecular weight is 796 g/mol.